The molecule has 20 heavy (non-hydrogen) atoms. The van der Waals surface area contributed by atoms with Gasteiger partial charge in [-0.2, -0.15) is 0 Å². The summed E-state index contributed by atoms with van der Waals surface area (Å²) < 4.78 is 0. The zero-order valence-electron chi connectivity index (χ0n) is 10.9. The maximum Gasteiger partial charge on any atom is 0.331 e. The van der Waals surface area contributed by atoms with Crippen molar-refractivity contribution in [2.75, 3.05) is 0 Å². The second kappa shape index (κ2) is 4.97. The van der Waals surface area contributed by atoms with E-state index in [4.69, 9.17) is 0 Å². The molecule has 1 aromatic rings. The number of hydrogen-bond donors (Lipinski definition) is 1. The SMILES string of the molecule is O=C1NC(=O)C2(CCCCC2)C(=O)N1Cc1nccs1. The van der Waals surface area contributed by atoms with Crippen molar-refractivity contribution in [1.29, 1.82) is 0 Å². The van der Waals surface area contributed by atoms with Crippen LogP contribution in [0.3, 0.4) is 0 Å². The smallest absolute Gasteiger partial charge is 0.277 e. The lowest BCUT2D eigenvalue weighted by atomic mass is 9.71. The third-order valence-corrected chi connectivity index (χ3v) is 4.80. The third-order valence-electron chi connectivity index (χ3n) is 4.04. The number of carbonyl (C=O) groups excluding carboxylic acids is 3. The fraction of sp³-hybridized carbons (Fsp3) is 0.538. The van der Waals surface area contributed by atoms with Gasteiger partial charge in [-0.05, 0) is 12.8 Å². The first kappa shape index (κ1) is 13.2. The molecule has 6 nitrogen and oxygen atoms in total. The quantitative estimate of drug-likeness (QED) is 0.841. The summed E-state index contributed by atoms with van der Waals surface area (Å²) in [6, 6.07) is -0.633. The summed E-state index contributed by atoms with van der Waals surface area (Å²) in [7, 11) is 0. The van der Waals surface area contributed by atoms with Crippen molar-refractivity contribution in [2.45, 2.75) is 38.6 Å². The van der Waals surface area contributed by atoms with E-state index in [2.05, 4.69) is 10.3 Å². The van der Waals surface area contributed by atoms with E-state index in [9.17, 15) is 14.4 Å². The molecule has 2 heterocycles. The first-order chi connectivity index (χ1) is 9.63. The van der Waals surface area contributed by atoms with Crippen LogP contribution in [0.5, 0.6) is 0 Å². The van der Waals surface area contributed by atoms with Gasteiger partial charge in [-0.25, -0.2) is 9.78 Å². The lowest BCUT2D eigenvalue weighted by Crippen LogP contribution is -2.63. The Bertz CT molecular complexity index is 549. The van der Waals surface area contributed by atoms with Crippen LogP contribution in [0, 0.1) is 5.41 Å². The number of hydrogen-bond acceptors (Lipinski definition) is 5. The molecule has 2 aliphatic rings. The van der Waals surface area contributed by atoms with Gasteiger partial charge in [0.05, 0.1) is 6.54 Å². The van der Waals surface area contributed by atoms with E-state index in [1.807, 2.05) is 0 Å². The van der Waals surface area contributed by atoms with Crippen LogP contribution in [0.25, 0.3) is 0 Å². The van der Waals surface area contributed by atoms with Crippen molar-refractivity contribution < 1.29 is 14.4 Å². The molecule has 0 radical (unpaired) electrons. The Hall–Kier alpha value is -1.76. The van der Waals surface area contributed by atoms with Crippen molar-refractivity contribution in [3.8, 4) is 0 Å². The van der Waals surface area contributed by atoms with Gasteiger partial charge in [-0.3, -0.25) is 19.8 Å². The Kier molecular flexibility index (Phi) is 3.29. The largest absolute Gasteiger partial charge is 0.331 e. The zero-order valence-corrected chi connectivity index (χ0v) is 11.7. The summed E-state index contributed by atoms with van der Waals surface area (Å²) in [5, 5.41) is 4.82. The van der Waals surface area contributed by atoms with Crippen molar-refractivity contribution >= 4 is 29.2 Å². The molecule has 2 fully saturated rings. The van der Waals surface area contributed by atoms with E-state index in [1.165, 1.54) is 11.3 Å². The van der Waals surface area contributed by atoms with Crippen LogP contribution >= 0.6 is 11.3 Å². The molecule has 1 saturated carbocycles. The van der Waals surface area contributed by atoms with Crippen molar-refractivity contribution in [1.82, 2.24) is 15.2 Å². The van der Waals surface area contributed by atoms with Gasteiger partial charge in [0.1, 0.15) is 10.4 Å². The molecule has 3 rings (SSSR count). The number of imide groups is 2. The normalized spacial score (nSPS) is 22.2. The maximum atomic E-state index is 12.7. The van der Waals surface area contributed by atoms with Gasteiger partial charge in [0.25, 0.3) is 0 Å². The first-order valence-corrected chi connectivity index (χ1v) is 7.57. The number of rotatable bonds is 2. The molecule has 1 aromatic heterocycles. The summed E-state index contributed by atoms with van der Waals surface area (Å²) in [5.74, 6) is -0.788. The van der Waals surface area contributed by atoms with Gasteiger partial charge < -0.3 is 0 Å². The highest BCUT2D eigenvalue weighted by Gasteiger charge is 2.53. The Morgan fingerprint density at radius 3 is 2.65 bits per heavy atom. The monoisotopic (exact) mass is 293 g/mol. The Morgan fingerprint density at radius 2 is 2.00 bits per heavy atom. The minimum Gasteiger partial charge on any atom is -0.277 e. The standard InChI is InChI=1S/C13H15N3O3S/c17-10-13(4-2-1-3-5-13)11(18)16(12(19)15-10)8-9-14-6-7-20-9/h6-7H,1-5,8H2,(H,15,17,19). The Labute approximate surface area is 120 Å². The number of nitrogens with zero attached hydrogens (tertiary/aromatic N) is 2. The summed E-state index contributed by atoms with van der Waals surface area (Å²) in [6.07, 6.45) is 5.41. The van der Waals surface area contributed by atoms with Gasteiger partial charge in [-0.15, -0.1) is 11.3 Å². The molecule has 0 aromatic carbocycles. The second-order valence-corrected chi connectivity index (χ2v) is 6.20. The zero-order chi connectivity index (χ0) is 14.2. The third kappa shape index (κ3) is 2.02. The highest BCUT2D eigenvalue weighted by Crippen LogP contribution is 2.40. The fourth-order valence-corrected chi connectivity index (χ4v) is 3.54. The van der Waals surface area contributed by atoms with Crippen LogP contribution in [0.4, 0.5) is 4.79 Å². The lowest BCUT2D eigenvalue weighted by Gasteiger charge is -2.41. The molecule has 106 valence electrons. The molecule has 4 amide bonds. The van der Waals surface area contributed by atoms with E-state index in [0.717, 1.165) is 24.2 Å². The number of aromatic nitrogens is 1. The molecule has 1 spiro atoms. The minimum atomic E-state index is -1.04. The molecule has 1 aliphatic heterocycles. The fourth-order valence-electron chi connectivity index (χ4n) is 2.94. The van der Waals surface area contributed by atoms with Crippen molar-refractivity contribution in [2.24, 2.45) is 5.41 Å². The maximum absolute atomic E-state index is 12.7. The highest BCUT2D eigenvalue weighted by molar-refractivity contribution is 7.09. The molecule has 0 atom stereocenters. The van der Waals surface area contributed by atoms with E-state index in [0.29, 0.717) is 17.8 Å². The molecular formula is C13H15N3O3S. The van der Waals surface area contributed by atoms with E-state index >= 15 is 0 Å². The van der Waals surface area contributed by atoms with E-state index < -0.39 is 17.4 Å². The number of nitrogens with one attached hydrogen (secondary N) is 1. The molecule has 7 heteroatoms. The van der Waals surface area contributed by atoms with Crippen LogP contribution in [-0.4, -0.2) is 27.7 Å². The predicted molar refractivity (Wildman–Crippen MR) is 71.7 cm³/mol. The average Bonchev–Trinajstić information content (AvgIpc) is 2.96. The summed E-state index contributed by atoms with van der Waals surface area (Å²) in [4.78, 5) is 42.0. The number of barbiturate groups is 1. The van der Waals surface area contributed by atoms with Crippen LogP contribution in [-0.2, 0) is 16.1 Å². The predicted octanol–water partition coefficient (Wildman–Crippen LogP) is 1.67. The van der Waals surface area contributed by atoms with Crippen LogP contribution in [0.2, 0.25) is 0 Å². The van der Waals surface area contributed by atoms with Gasteiger partial charge in [0.15, 0.2) is 0 Å². The lowest BCUT2D eigenvalue weighted by molar-refractivity contribution is -0.154. The van der Waals surface area contributed by atoms with Crippen LogP contribution in [0.1, 0.15) is 37.1 Å². The van der Waals surface area contributed by atoms with Crippen LogP contribution < -0.4 is 5.32 Å². The highest BCUT2D eigenvalue weighted by atomic mass is 32.1. The number of urea groups is 1. The summed E-state index contributed by atoms with van der Waals surface area (Å²) >= 11 is 1.39. The van der Waals surface area contributed by atoms with Crippen LogP contribution in [0.15, 0.2) is 11.6 Å². The van der Waals surface area contributed by atoms with Gasteiger partial charge in [0, 0.05) is 11.6 Å². The molecule has 0 bridgehead atoms. The first-order valence-electron chi connectivity index (χ1n) is 6.69. The van der Waals surface area contributed by atoms with Gasteiger partial charge in [0.2, 0.25) is 11.8 Å². The average molecular weight is 293 g/mol. The second-order valence-electron chi connectivity index (χ2n) is 5.22. The Morgan fingerprint density at radius 1 is 1.25 bits per heavy atom. The molecule has 1 N–H and O–H groups in total. The molecule has 1 saturated heterocycles. The molecular weight excluding hydrogens is 278 g/mol. The van der Waals surface area contributed by atoms with Crippen molar-refractivity contribution in [3.63, 3.8) is 0 Å². The summed E-state index contributed by atoms with van der Waals surface area (Å²) in [5.41, 5.74) is -1.04. The van der Waals surface area contributed by atoms with E-state index in [-0.39, 0.29) is 12.5 Å². The molecule has 0 unspecified atom stereocenters. The van der Waals surface area contributed by atoms with E-state index in [1.54, 1.807) is 11.6 Å². The minimum absolute atomic E-state index is 0.136. The van der Waals surface area contributed by atoms with Gasteiger partial charge >= 0.3 is 6.03 Å². The summed E-state index contributed by atoms with van der Waals surface area (Å²) in [6.45, 7) is 0.136. The number of thiazole rings is 1. The topological polar surface area (TPSA) is 79.4 Å². The number of amides is 4. The number of carbonyl (C=O) groups is 3. The van der Waals surface area contributed by atoms with Gasteiger partial charge in [-0.1, -0.05) is 19.3 Å². The Balaban J connectivity index is 1.88. The molecule has 1 aliphatic carbocycles. The van der Waals surface area contributed by atoms with Crippen molar-refractivity contribution in [3.05, 3.63) is 16.6 Å².